The molecule has 0 aliphatic rings. The first kappa shape index (κ1) is 17.6. The van der Waals surface area contributed by atoms with E-state index in [2.05, 4.69) is 18.8 Å². The lowest BCUT2D eigenvalue weighted by Crippen LogP contribution is -2.40. The van der Waals surface area contributed by atoms with E-state index in [-0.39, 0.29) is 12.3 Å². The molecule has 4 N–H and O–H groups in total. The van der Waals surface area contributed by atoms with Crippen LogP contribution in [0.25, 0.3) is 0 Å². The van der Waals surface area contributed by atoms with Crippen LogP contribution >= 0.6 is 0 Å². The van der Waals surface area contributed by atoms with E-state index in [1.165, 1.54) is 6.08 Å². The van der Waals surface area contributed by atoms with Crippen molar-refractivity contribution >= 4 is 11.9 Å². The minimum Gasteiger partial charge on any atom is -0.480 e. The molecule has 0 heterocycles. The number of nitrogens with one attached hydrogen (secondary N) is 1. The highest BCUT2D eigenvalue weighted by molar-refractivity contribution is 5.83. The molecule has 2 unspecified atom stereocenters. The van der Waals surface area contributed by atoms with E-state index in [9.17, 15) is 9.59 Å². The number of carbonyl (C=O) groups is 2. The fraction of sp³-hybridized carbons (Fsp3) is 0.714. The predicted octanol–water partition coefficient (Wildman–Crippen LogP) is 1.68. The van der Waals surface area contributed by atoms with Crippen molar-refractivity contribution in [3.05, 3.63) is 12.7 Å². The van der Waals surface area contributed by atoms with E-state index >= 15 is 0 Å². The topological polar surface area (TPSA) is 92.4 Å². The Morgan fingerprint density at radius 1 is 1.37 bits per heavy atom. The average molecular weight is 270 g/mol. The smallest absolute Gasteiger partial charge is 0.326 e. The summed E-state index contributed by atoms with van der Waals surface area (Å²) in [6, 6.07) is -0.871. The molecule has 5 heteroatoms. The molecule has 0 spiro atoms. The Labute approximate surface area is 115 Å². The van der Waals surface area contributed by atoms with Gasteiger partial charge >= 0.3 is 5.97 Å². The van der Waals surface area contributed by atoms with Crippen LogP contribution in [0.15, 0.2) is 12.7 Å². The third-order valence-corrected chi connectivity index (χ3v) is 3.09. The summed E-state index contributed by atoms with van der Waals surface area (Å²) in [6.07, 6.45) is 5.88. The van der Waals surface area contributed by atoms with Gasteiger partial charge in [0.25, 0.3) is 0 Å². The largest absolute Gasteiger partial charge is 0.480 e. The third kappa shape index (κ3) is 8.37. The first-order chi connectivity index (χ1) is 9.04. The standard InChI is InChI=1S/C14H26N2O3/c1-3-5-11(9-10-15)7-8-13(17)16-12(6-4-2)14(18)19/h4,11-12H,2-3,5-10,15H2,1H3,(H,16,17)(H,18,19). The molecular weight excluding hydrogens is 244 g/mol. The summed E-state index contributed by atoms with van der Waals surface area (Å²) in [5, 5.41) is 11.4. The van der Waals surface area contributed by atoms with Crippen molar-refractivity contribution < 1.29 is 14.7 Å². The Hall–Kier alpha value is -1.36. The summed E-state index contributed by atoms with van der Waals surface area (Å²) in [5.41, 5.74) is 5.54. The van der Waals surface area contributed by atoms with Crippen LogP contribution in [0.5, 0.6) is 0 Å². The van der Waals surface area contributed by atoms with Crippen molar-refractivity contribution in [1.29, 1.82) is 0 Å². The zero-order valence-corrected chi connectivity index (χ0v) is 11.7. The van der Waals surface area contributed by atoms with Gasteiger partial charge in [-0.3, -0.25) is 4.79 Å². The molecule has 0 saturated heterocycles. The summed E-state index contributed by atoms with van der Waals surface area (Å²) in [5.74, 6) is -0.795. The minimum atomic E-state index is -1.03. The van der Waals surface area contributed by atoms with Crippen molar-refractivity contribution in [1.82, 2.24) is 5.32 Å². The zero-order valence-electron chi connectivity index (χ0n) is 11.7. The first-order valence-corrected chi connectivity index (χ1v) is 6.88. The number of carboxylic acid groups (broad SMARTS) is 1. The quantitative estimate of drug-likeness (QED) is 0.498. The maximum absolute atomic E-state index is 11.7. The third-order valence-electron chi connectivity index (χ3n) is 3.09. The summed E-state index contributed by atoms with van der Waals surface area (Å²) in [7, 11) is 0. The summed E-state index contributed by atoms with van der Waals surface area (Å²) >= 11 is 0. The zero-order chi connectivity index (χ0) is 14.7. The van der Waals surface area contributed by atoms with E-state index in [0.717, 1.165) is 25.7 Å². The Morgan fingerprint density at radius 3 is 2.53 bits per heavy atom. The lowest BCUT2D eigenvalue weighted by atomic mass is 9.94. The molecule has 5 nitrogen and oxygen atoms in total. The molecule has 0 aliphatic carbocycles. The number of rotatable bonds is 11. The van der Waals surface area contributed by atoms with Crippen LogP contribution in [0.1, 0.15) is 45.4 Å². The van der Waals surface area contributed by atoms with Crippen LogP contribution in [-0.2, 0) is 9.59 Å². The van der Waals surface area contributed by atoms with Gasteiger partial charge in [-0.15, -0.1) is 6.58 Å². The Bertz CT molecular complexity index is 286. The fourth-order valence-electron chi connectivity index (χ4n) is 2.07. The van der Waals surface area contributed by atoms with Crippen LogP contribution in [-0.4, -0.2) is 29.6 Å². The molecule has 19 heavy (non-hydrogen) atoms. The Morgan fingerprint density at radius 2 is 2.05 bits per heavy atom. The molecule has 110 valence electrons. The molecule has 0 aromatic carbocycles. The average Bonchev–Trinajstić information content (AvgIpc) is 2.36. The van der Waals surface area contributed by atoms with Crippen LogP contribution in [0.2, 0.25) is 0 Å². The second-order valence-corrected chi connectivity index (χ2v) is 4.75. The summed E-state index contributed by atoms with van der Waals surface area (Å²) in [4.78, 5) is 22.6. The lowest BCUT2D eigenvalue weighted by molar-refractivity contribution is -0.141. The van der Waals surface area contributed by atoms with Gasteiger partial charge in [0.15, 0.2) is 0 Å². The van der Waals surface area contributed by atoms with E-state index in [1.807, 2.05) is 0 Å². The molecule has 0 radical (unpaired) electrons. The highest BCUT2D eigenvalue weighted by Crippen LogP contribution is 2.16. The number of nitrogens with two attached hydrogens (primary N) is 1. The molecule has 0 aliphatic heterocycles. The van der Waals surface area contributed by atoms with Gasteiger partial charge in [-0.2, -0.15) is 0 Å². The van der Waals surface area contributed by atoms with Crippen LogP contribution in [0.4, 0.5) is 0 Å². The minimum absolute atomic E-state index is 0.215. The SMILES string of the molecule is C=CCC(NC(=O)CCC(CCC)CCN)C(=O)O. The van der Waals surface area contributed by atoms with Crippen LogP contribution in [0, 0.1) is 5.92 Å². The Balaban J connectivity index is 4.13. The molecule has 0 rings (SSSR count). The number of carbonyl (C=O) groups excluding carboxylic acids is 1. The van der Waals surface area contributed by atoms with Gasteiger partial charge in [-0.05, 0) is 31.7 Å². The van der Waals surface area contributed by atoms with Gasteiger partial charge in [0.1, 0.15) is 6.04 Å². The van der Waals surface area contributed by atoms with Crippen molar-refractivity contribution in [2.24, 2.45) is 11.7 Å². The van der Waals surface area contributed by atoms with Gasteiger partial charge in [0, 0.05) is 6.42 Å². The molecule has 0 bridgehead atoms. The first-order valence-electron chi connectivity index (χ1n) is 6.88. The number of carboxylic acids is 1. The number of hydrogen-bond acceptors (Lipinski definition) is 3. The molecule has 1 amide bonds. The van der Waals surface area contributed by atoms with Gasteiger partial charge in [-0.25, -0.2) is 4.79 Å². The molecule has 0 fully saturated rings. The molecular formula is C14H26N2O3. The highest BCUT2D eigenvalue weighted by atomic mass is 16.4. The van der Waals surface area contributed by atoms with Crippen LogP contribution in [0.3, 0.4) is 0 Å². The summed E-state index contributed by atoms with van der Waals surface area (Å²) < 4.78 is 0. The fourth-order valence-corrected chi connectivity index (χ4v) is 2.07. The van der Waals surface area contributed by atoms with Gasteiger partial charge in [-0.1, -0.05) is 25.8 Å². The summed E-state index contributed by atoms with van der Waals surface area (Å²) in [6.45, 7) is 6.22. The van der Waals surface area contributed by atoms with E-state index in [0.29, 0.717) is 18.9 Å². The van der Waals surface area contributed by atoms with E-state index < -0.39 is 12.0 Å². The Kier molecular flexibility index (Phi) is 9.80. The van der Waals surface area contributed by atoms with Crippen molar-refractivity contribution in [2.75, 3.05) is 6.54 Å². The number of aliphatic carboxylic acids is 1. The monoisotopic (exact) mass is 270 g/mol. The highest BCUT2D eigenvalue weighted by Gasteiger charge is 2.18. The number of amides is 1. The van der Waals surface area contributed by atoms with Crippen molar-refractivity contribution in [3.63, 3.8) is 0 Å². The predicted molar refractivity (Wildman–Crippen MR) is 75.7 cm³/mol. The second-order valence-electron chi connectivity index (χ2n) is 4.75. The lowest BCUT2D eigenvalue weighted by Gasteiger charge is -2.16. The van der Waals surface area contributed by atoms with Gasteiger partial charge in [0.2, 0.25) is 5.91 Å². The molecule has 0 aromatic rings. The maximum atomic E-state index is 11.7. The molecule has 2 atom stereocenters. The molecule has 0 aromatic heterocycles. The number of hydrogen-bond donors (Lipinski definition) is 3. The van der Waals surface area contributed by atoms with Crippen molar-refractivity contribution in [2.45, 2.75) is 51.5 Å². The normalized spacial score (nSPS) is 13.6. The van der Waals surface area contributed by atoms with E-state index in [4.69, 9.17) is 10.8 Å². The molecule has 0 saturated carbocycles. The maximum Gasteiger partial charge on any atom is 0.326 e. The van der Waals surface area contributed by atoms with Gasteiger partial charge < -0.3 is 16.2 Å². The van der Waals surface area contributed by atoms with Crippen LogP contribution < -0.4 is 11.1 Å². The second kappa shape index (κ2) is 10.6. The van der Waals surface area contributed by atoms with E-state index in [1.54, 1.807) is 0 Å². The van der Waals surface area contributed by atoms with Crippen molar-refractivity contribution in [3.8, 4) is 0 Å². The van der Waals surface area contributed by atoms with Gasteiger partial charge in [0.05, 0.1) is 0 Å².